The lowest BCUT2D eigenvalue weighted by Gasteiger charge is -2.31. The fourth-order valence-electron chi connectivity index (χ4n) is 2.20. The Kier molecular flexibility index (Phi) is 5.26. The van der Waals surface area contributed by atoms with Gasteiger partial charge in [0.2, 0.25) is 5.95 Å². The van der Waals surface area contributed by atoms with Crippen LogP contribution in [0.1, 0.15) is 39.3 Å². The Bertz CT molecular complexity index is 498. The second-order valence-corrected chi connectivity index (χ2v) is 6.22. The highest BCUT2D eigenvalue weighted by atomic mass is 19.3. The van der Waals surface area contributed by atoms with Crippen LogP contribution in [-0.2, 0) is 6.54 Å². The molecule has 1 aliphatic heterocycles. The molecule has 1 saturated heterocycles. The van der Waals surface area contributed by atoms with Gasteiger partial charge in [-0.05, 0) is 12.8 Å². The molecule has 0 bridgehead atoms. The summed E-state index contributed by atoms with van der Waals surface area (Å²) in [6.07, 6.45) is 0.684. The Labute approximate surface area is 129 Å². The molecule has 1 N–H and O–H groups in total. The summed E-state index contributed by atoms with van der Waals surface area (Å²) in [5.41, 5.74) is 0.273. The molecule has 22 heavy (non-hydrogen) atoms. The average molecular weight is 316 g/mol. The summed E-state index contributed by atoms with van der Waals surface area (Å²) < 4.78 is 40.2. The maximum atomic E-state index is 13.8. The number of piperidine rings is 1. The van der Waals surface area contributed by atoms with Gasteiger partial charge in [-0.25, -0.2) is 23.1 Å². The predicted octanol–water partition coefficient (Wildman–Crippen LogP) is 2.99. The first-order valence-electron chi connectivity index (χ1n) is 7.66. The SMILES string of the molecule is CC(C)[C@@H](C)NCc1nc(N2CCC(F)(F)CC2)ncc1F. The predicted molar refractivity (Wildman–Crippen MR) is 79.5 cm³/mol. The van der Waals surface area contributed by atoms with Crippen LogP contribution in [0.25, 0.3) is 0 Å². The van der Waals surface area contributed by atoms with Crippen LogP contribution in [0.3, 0.4) is 0 Å². The van der Waals surface area contributed by atoms with Gasteiger partial charge in [0.15, 0.2) is 5.82 Å². The molecular weight excluding hydrogens is 293 g/mol. The Morgan fingerprint density at radius 1 is 1.27 bits per heavy atom. The lowest BCUT2D eigenvalue weighted by molar-refractivity contribution is -0.0222. The van der Waals surface area contributed by atoms with E-state index in [1.807, 2.05) is 6.92 Å². The van der Waals surface area contributed by atoms with Gasteiger partial charge in [0.05, 0.1) is 11.9 Å². The normalized spacial score (nSPS) is 19.5. The van der Waals surface area contributed by atoms with Crippen molar-refractivity contribution in [3.05, 3.63) is 17.7 Å². The van der Waals surface area contributed by atoms with Crippen molar-refractivity contribution in [2.45, 2.75) is 52.1 Å². The van der Waals surface area contributed by atoms with Gasteiger partial charge < -0.3 is 10.2 Å². The maximum Gasteiger partial charge on any atom is 0.251 e. The van der Waals surface area contributed by atoms with Crippen molar-refractivity contribution in [1.29, 1.82) is 0 Å². The molecule has 1 atom stereocenters. The van der Waals surface area contributed by atoms with E-state index in [2.05, 4.69) is 29.1 Å². The minimum absolute atomic E-state index is 0.188. The zero-order valence-corrected chi connectivity index (χ0v) is 13.2. The van der Waals surface area contributed by atoms with E-state index in [9.17, 15) is 13.2 Å². The van der Waals surface area contributed by atoms with Crippen molar-refractivity contribution in [2.24, 2.45) is 5.92 Å². The Balaban J connectivity index is 2.04. The fraction of sp³-hybridized carbons (Fsp3) is 0.733. The summed E-state index contributed by atoms with van der Waals surface area (Å²) in [6.45, 7) is 6.85. The minimum atomic E-state index is -2.62. The third kappa shape index (κ3) is 4.32. The van der Waals surface area contributed by atoms with Crippen LogP contribution in [-0.4, -0.2) is 35.0 Å². The van der Waals surface area contributed by atoms with Crippen LogP contribution < -0.4 is 10.2 Å². The first-order chi connectivity index (χ1) is 10.3. The molecule has 1 aromatic heterocycles. The van der Waals surface area contributed by atoms with Crippen molar-refractivity contribution in [1.82, 2.24) is 15.3 Å². The van der Waals surface area contributed by atoms with Crippen molar-refractivity contribution in [3.8, 4) is 0 Å². The van der Waals surface area contributed by atoms with Gasteiger partial charge in [0.1, 0.15) is 0 Å². The third-order valence-electron chi connectivity index (χ3n) is 4.17. The smallest absolute Gasteiger partial charge is 0.251 e. The average Bonchev–Trinajstić information content (AvgIpc) is 2.46. The summed E-state index contributed by atoms with van der Waals surface area (Å²) in [5, 5.41) is 3.21. The van der Waals surface area contributed by atoms with E-state index in [1.165, 1.54) is 0 Å². The van der Waals surface area contributed by atoms with E-state index in [-0.39, 0.29) is 37.7 Å². The standard InChI is InChI=1S/C15H23F3N4/c1-10(2)11(3)19-9-13-12(16)8-20-14(21-13)22-6-4-15(17,18)5-7-22/h8,10-11,19H,4-7,9H2,1-3H3/t11-/m1/s1. The van der Waals surface area contributed by atoms with Gasteiger partial charge in [-0.2, -0.15) is 0 Å². The molecule has 1 fully saturated rings. The van der Waals surface area contributed by atoms with Gasteiger partial charge in [-0.1, -0.05) is 13.8 Å². The van der Waals surface area contributed by atoms with Crippen molar-refractivity contribution >= 4 is 5.95 Å². The van der Waals surface area contributed by atoms with Crippen LogP contribution in [0.2, 0.25) is 0 Å². The van der Waals surface area contributed by atoms with Gasteiger partial charge in [-0.15, -0.1) is 0 Å². The number of hydrogen-bond acceptors (Lipinski definition) is 4. The van der Waals surface area contributed by atoms with Crippen LogP contribution in [0.5, 0.6) is 0 Å². The number of alkyl halides is 2. The first kappa shape index (κ1) is 17.0. The highest BCUT2D eigenvalue weighted by Gasteiger charge is 2.34. The Morgan fingerprint density at radius 3 is 2.50 bits per heavy atom. The Hall–Kier alpha value is -1.37. The maximum absolute atomic E-state index is 13.8. The lowest BCUT2D eigenvalue weighted by atomic mass is 10.1. The first-order valence-corrected chi connectivity index (χ1v) is 7.66. The van der Waals surface area contributed by atoms with Crippen molar-refractivity contribution < 1.29 is 13.2 Å². The molecule has 2 heterocycles. The molecule has 7 heteroatoms. The Morgan fingerprint density at radius 2 is 1.91 bits per heavy atom. The molecule has 0 spiro atoms. The molecule has 124 valence electrons. The molecule has 0 aliphatic carbocycles. The van der Waals surface area contributed by atoms with Gasteiger partial charge >= 0.3 is 0 Å². The molecule has 0 radical (unpaired) electrons. The molecule has 0 unspecified atom stereocenters. The number of nitrogens with one attached hydrogen (secondary N) is 1. The number of hydrogen-bond donors (Lipinski definition) is 1. The third-order valence-corrected chi connectivity index (χ3v) is 4.17. The van der Waals surface area contributed by atoms with E-state index in [0.717, 1.165) is 6.20 Å². The molecule has 0 aromatic carbocycles. The van der Waals surface area contributed by atoms with Crippen molar-refractivity contribution in [3.63, 3.8) is 0 Å². The minimum Gasteiger partial charge on any atom is -0.340 e. The van der Waals surface area contributed by atoms with E-state index in [1.54, 1.807) is 4.90 Å². The zero-order chi connectivity index (χ0) is 16.3. The quantitative estimate of drug-likeness (QED) is 0.907. The number of aromatic nitrogens is 2. The van der Waals surface area contributed by atoms with E-state index >= 15 is 0 Å². The largest absolute Gasteiger partial charge is 0.340 e. The van der Waals surface area contributed by atoms with Crippen molar-refractivity contribution in [2.75, 3.05) is 18.0 Å². The highest BCUT2D eigenvalue weighted by Crippen LogP contribution is 2.29. The van der Waals surface area contributed by atoms with Gasteiger partial charge in [-0.3, -0.25) is 0 Å². The van der Waals surface area contributed by atoms with E-state index < -0.39 is 11.7 Å². The number of halogens is 3. The molecule has 4 nitrogen and oxygen atoms in total. The summed E-state index contributed by atoms with van der Waals surface area (Å²) in [4.78, 5) is 9.83. The molecule has 0 amide bonds. The van der Waals surface area contributed by atoms with Gasteiger partial charge in [0.25, 0.3) is 5.92 Å². The topological polar surface area (TPSA) is 41.1 Å². The van der Waals surface area contributed by atoms with Gasteiger partial charge in [0, 0.05) is 38.5 Å². The summed E-state index contributed by atoms with van der Waals surface area (Å²) in [7, 11) is 0. The summed E-state index contributed by atoms with van der Waals surface area (Å²) in [5.74, 6) is -2.35. The van der Waals surface area contributed by atoms with E-state index in [0.29, 0.717) is 18.4 Å². The van der Waals surface area contributed by atoms with E-state index in [4.69, 9.17) is 0 Å². The molecule has 2 rings (SSSR count). The fourth-order valence-corrected chi connectivity index (χ4v) is 2.20. The highest BCUT2D eigenvalue weighted by molar-refractivity contribution is 5.31. The zero-order valence-electron chi connectivity index (χ0n) is 13.2. The van der Waals surface area contributed by atoms with Crippen LogP contribution in [0.4, 0.5) is 19.1 Å². The van der Waals surface area contributed by atoms with Crippen LogP contribution >= 0.6 is 0 Å². The number of nitrogens with zero attached hydrogens (tertiary/aromatic N) is 3. The van der Waals surface area contributed by atoms with Crippen LogP contribution in [0.15, 0.2) is 6.20 Å². The molecular formula is C15H23F3N4. The molecule has 1 aliphatic rings. The molecule has 0 saturated carbocycles. The monoisotopic (exact) mass is 316 g/mol. The summed E-state index contributed by atoms with van der Waals surface area (Å²) >= 11 is 0. The second kappa shape index (κ2) is 6.81. The summed E-state index contributed by atoms with van der Waals surface area (Å²) in [6, 6.07) is 0.228. The second-order valence-electron chi connectivity index (χ2n) is 6.22. The molecule has 1 aromatic rings. The number of rotatable bonds is 5. The number of anilines is 1. The van der Waals surface area contributed by atoms with Crippen LogP contribution in [0, 0.1) is 11.7 Å². The lowest BCUT2D eigenvalue weighted by Crippen LogP contribution is -2.40.